The summed E-state index contributed by atoms with van der Waals surface area (Å²) in [5, 5.41) is 3.40. The highest BCUT2D eigenvalue weighted by Gasteiger charge is 2.21. The van der Waals surface area contributed by atoms with Crippen LogP contribution in [0.15, 0.2) is 73.3 Å². The van der Waals surface area contributed by atoms with Crippen molar-refractivity contribution in [3.63, 3.8) is 0 Å². The second-order valence-electron chi connectivity index (χ2n) is 7.42. The van der Waals surface area contributed by atoms with E-state index in [1.165, 1.54) is 27.6 Å². The topological polar surface area (TPSA) is 43.1 Å². The smallest absolute Gasteiger partial charge is 0.147 e. The SMILES string of the molecule is c1ccc2c(c1)Cc1cc3c(cc1-2)nc1c2cnccc2c2ccncc2n31. The Balaban J connectivity index is 1.70. The summed E-state index contributed by atoms with van der Waals surface area (Å²) >= 11 is 0. The Morgan fingerprint density at radius 3 is 2.54 bits per heavy atom. The largest absolute Gasteiger partial charge is 0.290 e. The van der Waals surface area contributed by atoms with Crippen LogP contribution in [0, 0.1) is 0 Å². The fraction of sp³-hybridized carbons (Fsp3) is 0.0417. The lowest BCUT2D eigenvalue weighted by molar-refractivity contribution is 1.24. The van der Waals surface area contributed by atoms with E-state index >= 15 is 0 Å². The Morgan fingerprint density at radius 2 is 1.57 bits per heavy atom. The van der Waals surface area contributed by atoms with E-state index in [1.54, 1.807) is 0 Å². The lowest BCUT2D eigenvalue weighted by Gasteiger charge is -2.08. The molecule has 0 saturated carbocycles. The van der Waals surface area contributed by atoms with E-state index in [0.717, 1.165) is 39.4 Å². The van der Waals surface area contributed by atoms with Gasteiger partial charge < -0.3 is 0 Å². The van der Waals surface area contributed by atoms with E-state index in [9.17, 15) is 0 Å². The van der Waals surface area contributed by atoms with Crippen molar-refractivity contribution in [1.29, 1.82) is 0 Å². The summed E-state index contributed by atoms with van der Waals surface area (Å²) in [7, 11) is 0. The predicted molar refractivity (Wildman–Crippen MR) is 112 cm³/mol. The summed E-state index contributed by atoms with van der Waals surface area (Å²) in [5.74, 6) is 0. The molecular weight excluding hydrogens is 344 g/mol. The quantitative estimate of drug-likeness (QED) is 0.352. The minimum absolute atomic E-state index is 0.940. The molecule has 0 N–H and O–H groups in total. The van der Waals surface area contributed by atoms with Gasteiger partial charge in [-0.15, -0.1) is 0 Å². The normalized spacial score (nSPS) is 12.9. The zero-order valence-electron chi connectivity index (χ0n) is 14.9. The van der Waals surface area contributed by atoms with Gasteiger partial charge in [-0.05, 0) is 58.3 Å². The molecule has 1 aliphatic carbocycles. The minimum Gasteiger partial charge on any atom is -0.290 e. The van der Waals surface area contributed by atoms with Crippen molar-refractivity contribution in [2.45, 2.75) is 6.42 Å². The van der Waals surface area contributed by atoms with Crippen LogP contribution < -0.4 is 0 Å². The molecule has 4 heterocycles. The molecule has 4 aromatic heterocycles. The Labute approximate surface area is 160 Å². The van der Waals surface area contributed by atoms with E-state index < -0.39 is 0 Å². The molecule has 0 atom stereocenters. The van der Waals surface area contributed by atoms with E-state index in [0.29, 0.717) is 0 Å². The summed E-state index contributed by atoms with van der Waals surface area (Å²) in [6, 6.07) is 17.3. The van der Waals surface area contributed by atoms with Crippen LogP contribution in [0.3, 0.4) is 0 Å². The van der Waals surface area contributed by atoms with Crippen molar-refractivity contribution in [2.24, 2.45) is 0 Å². The molecule has 130 valence electrons. The molecule has 0 fully saturated rings. The van der Waals surface area contributed by atoms with Crippen LogP contribution >= 0.6 is 0 Å². The Morgan fingerprint density at radius 1 is 0.714 bits per heavy atom. The van der Waals surface area contributed by atoms with Crippen molar-refractivity contribution in [1.82, 2.24) is 19.4 Å². The second kappa shape index (κ2) is 4.93. The zero-order chi connectivity index (χ0) is 18.2. The first kappa shape index (κ1) is 14.3. The molecule has 0 spiro atoms. The number of rotatable bonds is 0. The minimum atomic E-state index is 0.940. The third kappa shape index (κ3) is 1.68. The number of nitrogens with zero attached hydrogens (tertiary/aromatic N) is 4. The van der Waals surface area contributed by atoms with Gasteiger partial charge in [0, 0.05) is 29.4 Å². The molecule has 1 aliphatic rings. The van der Waals surface area contributed by atoms with E-state index in [-0.39, 0.29) is 0 Å². The molecule has 0 amide bonds. The van der Waals surface area contributed by atoms with Crippen LogP contribution in [-0.2, 0) is 6.42 Å². The maximum atomic E-state index is 5.04. The van der Waals surface area contributed by atoms with Crippen LogP contribution in [0.4, 0.5) is 0 Å². The van der Waals surface area contributed by atoms with Gasteiger partial charge in [0.2, 0.25) is 0 Å². The molecule has 2 aromatic carbocycles. The summed E-state index contributed by atoms with van der Waals surface area (Å²) in [5.41, 5.74) is 9.54. The van der Waals surface area contributed by atoms with Crippen LogP contribution in [0.5, 0.6) is 0 Å². The molecule has 28 heavy (non-hydrogen) atoms. The van der Waals surface area contributed by atoms with Crippen LogP contribution in [0.2, 0.25) is 0 Å². The van der Waals surface area contributed by atoms with Crippen molar-refractivity contribution in [2.75, 3.05) is 0 Å². The van der Waals surface area contributed by atoms with Crippen molar-refractivity contribution in [3.8, 4) is 11.1 Å². The fourth-order valence-corrected chi connectivity index (χ4v) is 4.73. The molecule has 0 radical (unpaired) electrons. The molecule has 0 saturated heterocycles. The van der Waals surface area contributed by atoms with E-state index in [4.69, 9.17) is 4.98 Å². The first-order valence-corrected chi connectivity index (χ1v) is 9.41. The Kier molecular flexibility index (Phi) is 2.51. The monoisotopic (exact) mass is 358 g/mol. The summed E-state index contributed by atoms with van der Waals surface area (Å²) in [6.45, 7) is 0. The fourth-order valence-electron chi connectivity index (χ4n) is 4.73. The number of benzene rings is 2. The Bertz CT molecular complexity index is 1590. The summed E-state index contributed by atoms with van der Waals surface area (Å²) < 4.78 is 2.24. The van der Waals surface area contributed by atoms with Gasteiger partial charge in [0.05, 0.1) is 22.7 Å². The third-order valence-electron chi connectivity index (χ3n) is 5.96. The van der Waals surface area contributed by atoms with Gasteiger partial charge >= 0.3 is 0 Å². The Hall–Kier alpha value is -3.79. The number of fused-ring (bicyclic) bond motifs is 11. The maximum absolute atomic E-state index is 5.04. The highest BCUT2D eigenvalue weighted by molar-refractivity contribution is 6.13. The lowest BCUT2D eigenvalue weighted by atomic mass is 10.1. The number of imidazole rings is 1. The first-order chi connectivity index (χ1) is 13.9. The second-order valence-corrected chi connectivity index (χ2v) is 7.42. The van der Waals surface area contributed by atoms with Gasteiger partial charge in [0.1, 0.15) is 5.65 Å². The summed E-state index contributed by atoms with van der Waals surface area (Å²) in [4.78, 5) is 13.8. The van der Waals surface area contributed by atoms with Gasteiger partial charge in [-0.25, -0.2) is 4.98 Å². The van der Waals surface area contributed by atoms with E-state index in [1.807, 2.05) is 24.8 Å². The van der Waals surface area contributed by atoms with Gasteiger partial charge in [-0.1, -0.05) is 24.3 Å². The number of hydrogen-bond donors (Lipinski definition) is 0. The number of aromatic nitrogens is 4. The number of hydrogen-bond acceptors (Lipinski definition) is 3. The first-order valence-electron chi connectivity index (χ1n) is 9.41. The van der Waals surface area contributed by atoms with Crippen LogP contribution in [0.25, 0.3) is 49.5 Å². The zero-order valence-corrected chi connectivity index (χ0v) is 14.9. The van der Waals surface area contributed by atoms with Crippen LogP contribution in [-0.4, -0.2) is 19.4 Å². The van der Waals surface area contributed by atoms with Crippen molar-refractivity contribution in [3.05, 3.63) is 84.4 Å². The average molecular weight is 358 g/mol. The molecule has 0 bridgehead atoms. The standard InChI is InChI=1S/C24H14N4/c1-2-4-16-14(3-1)9-15-10-22-21(11-19(15)16)27-24-20-12-25-7-5-17(20)18-6-8-26-13-23(18)28(22)24/h1-8,10-13H,9H2. The number of pyridine rings is 3. The molecule has 0 aliphatic heterocycles. The van der Waals surface area contributed by atoms with Gasteiger partial charge in [-0.3, -0.25) is 14.4 Å². The van der Waals surface area contributed by atoms with E-state index in [2.05, 4.69) is 62.9 Å². The molecule has 6 aromatic rings. The van der Waals surface area contributed by atoms with Crippen molar-refractivity contribution >= 4 is 38.4 Å². The third-order valence-corrected chi connectivity index (χ3v) is 5.96. The summed E-state index contributed by atoms with van der Waals surface area (Å²) in [6.07, 6.45) is 8.51. The highest BCUT2D eigenvalue weighted by Crippen LogP contribution is 2.40. The maximum Gasteiger partial charge on any atom is 0.147 e. The van der Waals surface area contributed by atoms with Gasteiger partial charge in [0.15, 0.2) is 0 Å². The lowest BCUT2D eigenvalue weighted by Crippen LogP contribution is -1.93. The van der Waals surface area contributed by atoms with Crippen molar-refractivity contribution < 1.29 is 0 Å². The molecular formula is C24H14N4. The van der Waals surface area contributed by atoms with Crippen LogP contribution in [0.1, 0.15) is 11.1 Å². The molecule has 7 rings (SSSR count). The predicted octanol–water partition coefficient (Wildman–Crippen LogP) is 5.16. The van der Waals surface area contributed by atoms with Gasteiger partial charge in [-0.2, -0.15) is 0 Å². The molecule has 4 heteroatoms. The van der Waals surface area contributed by atoms with Gasteiger partial charge in [0.25, 0.3) is 0 Å². The highest BCUT2D eigenvalue weighted by atomic mass is 15.0. The molecule has 0 unspecified atom stereocenters. The average Bonchev–Trinajstić information content (AvgIpc) is 3.30. The molecule has 4 nitrogen and oxygen atoms in total.